The summed E-state index contributed by atoms with van der Waals surface area (Å²) >= 11 is 0. The summed E-state index contributed by atoms with van der Waals surface area (Å²) in [4.78, 5) is 13.1. The van der Waals surface area contributed by atoms with Gasteiger partial charge in [0.1, 0.15) is 0 Å². The number of ketones is 1. The van der Waals surface area contributed by atoms with Crippen molar-refractivity contribution in [1.82, 2.24) is 5.32 Å². The molecule has 0 spiro atoms. The summed E-state index contributed by atoms with van der Waals surface area (Å²) in [5, 5.41) is 15.2. The summed E-state index contributed by atoms with van der Waals surface area (Å²) in [6.07, 6.45) is 0.610. The average Bonchev–Trinajstić information content (AvgIpc) is 3.40. The monoisotopic (exact) mass is 327 g/mol. The summed E-state index contributed by atoms with van der Waals surface area (Å²) in [5.41, 5.74) is -0.255. The van der Waals surface area contributed by atoms with Crippen LogP contribution < -0.4 is 5.32 Å². The number of aliphatic hydroxyl groups excluding tert-OH is 1. The molecule has 0 aromatic heterocycles. The lowest BCUT2D eigenvalue weighted by Gasteiger charge is -2.34. The summed E-state index contributed by atoms with van der Waals surface area (Å²) in [6.45, 7) is 4.11. The van der Waals surface area contributed by atoms with Crippen molar-refractivity contribution in [3.05, 3.63) is 48.0 Å². The van der Waals surface area contributed by atoms with Crippen molar-refractivity contribution in [3.8, 4) is 0 Å². The molecular weight excluding hydrogens is 302 g/mol. The van der Waals surface area contributed by atoms with Gasteiger partial charge in [0.2, 0.25) is 0 Å². The van der Waals surface area contributed by atoms with E-state index in [1.54, 1.807) is 0 Å². The zero-order valence-electron chi connectivity index (χ0n) is 14.5. The highest BCUT2D eigenvalue weighted by molar-refractivity contribution is 5.94. The molecule has 2 aromatic rings. The molecule has 0 radical (unpaired) electrons. The molecule has 2 N–H and O–H groups in total. The van der Waals surface area contributed by atoms with E-state index < -0.39 is 11.1 Å². The first kappa shape index (κ1) is 17.1. The van der Waals surface area contributed by atoms with Crippen LogP contribution in [-0.2, 0) is 16.0 Å². The maximum Gasteiger partial charge on any atom is 0.174 e. The van der Waals surface area contributed by atoms with Crippen LogP contribution in [0.15, 0.2) is 42.5 Å². The number of nitrogens with one attached hydrogen (secondary N) is 1. The largest absolute Gasteiger partial charge is 0.393 e. The van der Waals surface area contributed by atoms with Gasteiger partial charge in [0.15, 0.2) is 11.4 Å². The Morgan fingerprint density at radius 1 is 1.29 bits per heavy atom. The molecule has 1 aliphatic heterocycles. The summed E-state index contributed by atoms with van der Waals surface area (Å²) < 4.78 is 5.33. The second-order valence-corrected chi connectivity index (χ2v) is 7.17. The molecule has 1 heterocycles. The third-order valence-electron chi connectivity index (χ3n) is 5.33. The maximum absolute atomic E-state index is 13.1. The smallest absolute Gasteiger partial charge is 0.174 e. The number of hydrogen-bond donors (Lipinski definition) is 2. The number of benzene rings is 2. The third-order valence-corrected chi connectivity index (χ3v) is 5.33. The van der Waals surface area contributed by atoms with Gasteiger partial charge in [-0.1, -0.05) is 42.5 Å². The van der Waals surface area contributed by atoms with E-state index in [1.807, 2.05) is 39.1 Å². The number of ether oxygens (including phenoxy) is 1. The van der Waals surface area contributed by atoms with Gasteiger partial charge in [-0.3, -0.25) is 4.79 Å². The molecular formula is C20H25NO3. The average molecular weight is 327 g/mol. The SMILES string of the molecule is CNC(C)(C)[C@@H](Cc1cccc2ccccc12)C(=O)[C@@]1(CO)CO1. The fourth-order valence-electron chi connectivity index (χ4n) is 3.26. The molecule has 4 heteroatoms. The minimum atomic E-state index is -0.997. The van der Waals surface area contributed by atoms with Gasteiger partial charge in [-0.2, -0.15) is 0 Å². The highest BCUT2D eigenvalue weighted by atomic mass is 16.6. The van der Waals surface area contributed by atoms with Gasteiger partial charge >= 0.3 is 0 Å². The molecule has 0 amide bonds. The lowest BCUT2D eigenvalue weighted by atomic mass is 9.75. The number of Topliss-reactive ketones (excluding diaryl/α,β-unsaturated/α-hetero) is 1. The molecule has 1 fully saturated rings. The highest BCUT2D eigenvalue weighted by Crippen LogP contribution is 2.36. The first-order chi connectivity index (χ1) is 11.4. The number of epoxide rings is 1. The number of fused-ring (bicyclic) bond motifs is 1. The fraction of sp³-hybridized carbons (Fsp3) is 0.450. The molecule has 4 nitrogen and oxygen atoms in total. The van der Waals surface area contributed by atoms with Crippen LogP contribution in [0.2, 0.25) is 0 Å². The Kier molecular flexibility index (Phi) is 4.47. The Labute approximate surface area is 142 Å². The molecule has 3 rings (SSSR count). The molecule has 1 saturated heterocycles. The van der Waals surface area contributed by atoms with Gasteiger partial charge in [0.25, 0.3) is 0 Å². The quantitative estimate of drug-likeness (QED) is 0.766. The van der Waals surface area contributed by atoms with Gasteiger partial charge in [-0.25, -0.2) is 0 Å². The Balaban J connectivity index is 1.99. The van der Waals surface area contributed by atoms with Crippen LogP contribution in [0, 0.1) is 5.92 Å². The summed E-state index contributed by atoms with van der Waals surface area (Å²) in [6, 6.07) is 14.4. The van der Waals surface area contributed by atoms with Gasteiger partial charge in [-0.15, -0.1) is 0 Å². The van der Waals surface area contributed by atoms with Gasteiger partial charge < -0.3 is 15.2 Å². The van der Waals surface area contributed by atoms with E-state index in [4.69, 9.17) is 4.74 Å². The second kappa shape index (κ2) is 6.28. The van der Waals surface area contributed by atoms with Crippen LogP contribution in [0.5, 0.6) is 0 Å². The van der Waals surface area contributed by atoms with Crippen LogP contribution >= 0.6 is 0 Å². The van der Waals surface area contributed by atoms with Crippen molar-refractivity contribution in [3.63, 3.8) is 0 Å². The number of carbonyl (C=O) groups is 1. The third kappa shape index (κ3) is 2.97. The van der Waals surface area contributed by atoms with E-state index in [9.17, 15) is 9.90 Å². The minimum absolute atomic E-state index is 0.0164. The molecule has 0 bridgehead atoms. The number of rotatable bonds is 7. The lowest BCUT2D eigenvalue weighted by molar-refractivity contribution is -0.131. The van der Waals surface area contributed by atoms with E-state index >= 15 is 0 Å². The molecule has 2 atom stereocenters. The Hall–Kier alpha value is -1.75. The molecule has 24 heavy (non-hydrogen) atoms. The van der Waals surface area contributed by atoms with E-state index in [0.29, 0.717) is 13.0 Å². The van der Waals surface area contributed by atoms with Crippen LogP contribution in [0.25, 0.3) is 10.8 Å². The van der Waals surface area contributed by atoms with Crippen molar-refractivity contribution in [2.45, 2.75) is 31.4 Å². The molecule has 0 unspecified atom stereocenters. The predicted octanol–water partition coefficient (Wildman–Crippen LogP) is 2.33. The van der Waals surface area contributed by atoms with Crippen molar-refractivity contribution in [2.75, 3.05) is 20.3 Å². The Morgan fingerprint density at radius 3 is 2.58 bits per heavy atom. The van der Waals surface area contributed by atoms with E-state index in [-0.39, 0.29) is 18.3 Å². The number of carbonyl (C=O) groups excluding carboxylic acids is 1. The lowest BCUT2D eigenvalue weighted by Crippen LogP contribution is -2.52. The predicted molar refractivity (Wildman–Crippen MR) is 95.1 cm³/mol. The standard InChI is InChI=1S/C20H25NO3/c1-19(2,21-3)17(18(23)20(12-22)13-24-20)11-15-9-6-8-14-7-4-5-10-16(14)15/h4-10,17,21-22H,11-13H2,1-3H3/t17-,20+/m0/s1. The molecule has 128 valence electrons. The van der Waals surface area contributed by atoms with Gasteiger partial charge in [0, 0.05) is 11.5 Å². The van der Waals surface area contributed by atoms with Crippen LogP contribution in [0.3, 0.4) is 0 Å². The Morgan fingerprint density at radius 2 is 1.96 bits per heavy atom. The Bertz CT molecular complexity index is 744. The first-order valence-electron chi connectivity index (χ1n) is 8.38. The van der Waals surface area contributed by atoms with Crippen molar-refractivity contribution in [1.29, 1.82) is 0 Å². The maximum atomic E-state index is 13.1. The van der Waals surface area contributed by atoms with Crippen molar-refractivity contribution >= 4 is 16.6 Å². The van der Waals surface area contributed by atoms with Crippen LogP contribution in [-0.4, -0.2) is 42.3 Å². The number of hydrogen-bond acceptors (Lipinski definition) is 4. The molecule has 0 aliphatic carbocycles. The van der Waals surface area contributed by atoms with Crippen LogP contribution in [0.4, 0.5) is 0 Å². The second-order valence-electron chi connectivity index (χ2n) is 7.17. The van der Waals surface area contributed by atoms with E-state index in [1.165, 1.54) is 10.8 Å². The minimum Gasteiger partial charge on any atom is -0.393 e. The molecule has 1 aliphatic rings. The molecule has 2 aromatic carbocycles. The van der Waals surface area contributed by atoms with E-state index in [2.05, 4.69) is 29.6 Å². The fourth-order valence-corrected chi connectivity index (χ4v) is 3.26. The van der Waals surface area contributed by atoms with Gasteiger partial charge in [0.05, 0.1) is 13.2 Å². The van der Waals surface area contributed by atoms with Crippen molar-refractivity contribution < 1.29 is 14.6 Å². The van der Waals surface area contributed by atoms with Gasteiger partial charge in [-0.05, 0) is 43.7 Å². The van der Waals surface area contributed by atoms with Crippen molar-refractivity contribution in [2.24, 2.45) is 5.92 Å². The summed E-state index contributed by atoms with van der Waals surface area (Å²) in [7, 11) is 1.86. The zero-order chi connectivity index (χ0) is 17.4. The van der Waals surface area contributed by atoms with E-state index in [0.717, 1.165) is 5.56 Å². The normalized spacial score (nSPS) is 21.7. The topological polar surface area (TPSA) is 61.9 Å². The van der Waals surface area contributed by atoms with Crippen LogP contribution in [0.1, 0.15) is 19.4 Å². The summed E-state index contributed by atoms with van der Waals surface area (Å²) in [5.74, 6) is -0.305. The number of aliphatic hydroxyl groups is 1. The highest BCUT2D eigenvalue weighted by Gasteiger charge is 2.56. The first-order valence-corrected chi connectivity index (χ1v) is 8.38. The zero-order valence-corrected chi connectivity index (χ0v) is 14.5. The molecule has 0 saturated carbocycles.